The number of amides is 1. The molecule has 1 saturated heterocycles. The maximum Gasteiger partial charge on any atom is 0.269 e. The third-order valence-electron chi connectivity index (χ3n) is 4.63. The van der Waals surface area contributed by atoms with E-state index >= 15 is 0 Å². The zero-order valence-corrected chi connectivity index (χ0v) is 15.3. The molecule has 0 spiro atoms. The molecule has 8 nitrogen and oxygen atoms in total. The molecule has 1 aliphatic heterocycles. The Bertz CT molecular complexity index is 830. The van der Waals surface area contributed by atoms with E-state index in [9.17, 15) is 14.9 Å². The van der Waals surface area contributed by atoms with Crippen LogP contribution in [0.25, 0.3) is 0 Å². The molecule has 2 aromatic carbocycles. The zero-order chi connectivity index (χ0) is 19.4. The number of nitro benzene ring substituents is 1. The van der Waals surface area contributed by atoms with E-state index < -0.39 is 4.92 Å². The minimum absolute atomic E-state index is 0.0687. The van der Waals surface area contributed by atoms with Gasteiger partial charge in [-0.3, -0.25) is 14.9 Å². The molecule has 0 aromatic heterocycles. The molecule has 0 aliphatic carbocycles. The maximum atomic E-state index is 12.9. The van der Waals surface area contributed by atoms with Crippen LogP contribution in [0.2, 0.25) is 0 Å². The largest absolute Gasteiger partial charge is 0.497 e. The molecule has 1 aliphatic rings. The Balaban J connectivity index is 1.66. The number of benzene rings is 2. The van der Waals surface area contributed by atoms with Crippen LogP contribution in [-0.4, -0.2) is 56.1 Å². The highest BCUT2D eigenvalue weighted by atomic mass is 16.6. The van der Waals surface area contributed by atoms with Gasteiger partial charge in [0.1, 0.15) is 11.5 Å². The van der Waals surface area contributed by atoms with Crippen molar-refractivity contribution >= 4 is 17.3 Å². The van der Waals surface area contributed by atoms with Gasteiger partial charge in [-0.05, 0) is 24.3 Å². The highest BCUT2D eigenvalue weighted by Crippen LogP contribution is 2.27. The van der Waals surface area contributed by atoms with E-state index in [0.29, 0.717) is 43.2 Å². The molecule has 8 heteroatoms. The number of nitrogens with zero attached hydrogens (tertiary/aromatic N) is 3. The summed E-state index contributed by atoms with van der Waals surface area (Å²) in [5, 5.41) is 10.8. The number of rotatable bonds is 5. The molecule has 2 aromatic rings. The summed E-state index contributed by atoms with van der Waals surface area (Å²) in [6, 6.07) is 11.6. The highest BCUT2D eigenvalue weighted by molar-refractivity contribution is 5.97. The Morgan fingerprint density at radius 2 is 1.67 bits per heavy atom. The van der Waals surface area contributed by atoms with Crippen molar-refractivity contribution in [3.63, 3.8) is 0 Å². The number of carbonyl (C=O) groups excluding carboxylic acids is 1. The number of methoxy groups -OCH3 is 2. The van der Waals surface area contributed by atoms with E-state index in [1.807, 2.05) is 0 Å². The second kappa shape index (κ2) is 7.94. The molecule has 0 N–H and O–H groups in total. The fraction of sp³-hybridized carbons (Fsp3) is 0.316. The van der Waals surface area contributed by atoms with Crippen molar-refractivity contribution < 1.29 is 19.2 Å². The Kier molecular flexibility index (Phi) is 5.44. The van der Waals surface area contributed by atoms with Gasteiger partial charge >= 0.3 is 0 Å². The van der Waals surface area contributed by atoms with Crippen LogP contribution in [0.3, 0.4) is 0 Å². The monoisotopic (exact) mass is 371 g/mol. The first-order valence-corrected chi connectivity index (χ1v) is 8.54. The lowest BCUT2D eigenvalue weighted by Crippen LogP contribution is -2.48. The van der Waals surface area contributed by atoms with Gasteiger partial charge in [-0.2, -0.15) is 0 Å². The normalized spacial score (nSPS) is 14.0. The van der Waals surface area contributed by atoms with Gasteiger partial charge in [0.25, 0.3) is 11.6 Å². The summed E-state index contributed by atoms with van der Waals surface area (Å²) in [7, 11) is 3.09. The van der Waals surface area contributed by atoms with Crippen molar-refractivity contribution in [3.8, 4) is 11.5 Å². The van der Waals surface area contributed by atoms with Crippen LogP contribution in [0, 0.1) is 10.1 Å². The fourth-order valence-electron chi connectivity index (χ4n) is 3.10. The number of piperazine rings is 1. The molecule has 1 amide bonds. The summed E-state index contributed by atoms with van der Waals surface area (Å²) >= 11 is 0. The average molecular weight is 371 g/mol. The number of anilines is 1. The van der Waals surface area contributed by atoms with Crippen molar-refractivity contribution in [2.45, 2.75) is 0 Å². The van der Waals surface area contributed by atoms with Gasteiger partial charge in [0.15, 0.2) is 0 Å². The van der Waals surface area contributed by atoms with Gasteiger partial charge in [0, 0.05) is 50.1 Å². The van der Waals surface area contributed by atoms with Crippen LogP contribution in [0.1, 0.15) is 10.4 Å². The number of hydrogen-bond donors (Lipinski definition) is 0. The van der Waals surface area contributed by atoms with Crippen molar-refractivity contribution in [1.82, 2.24) is 4.90 Å². The van der Waals surface area contributed by atoms with Gasteiger partial charge in [-0.25, -0.2) is 0 Å². The first-order chi connectivity index (χ1) is 13.0. The topological polar surface area (TPSA) is 85.2 Å². The number of hydrogen-bond acceptors (Lipinski definition) is 6. The van der Waals surface area contributed by atoms with Crippen LogP contribution in [-0.2, 0) is 0 Å². The molecular weight excluding hydrogens is 350 g/mol. The fourth-order valence-corrected chi connectivity index (χ4v) is 3.10. The number of non-ortho nitro benzene ring substituents is 1. The molecular formula is C19H21N3O5. The second-order valence-electron chi connectivity index (χ2n) is 6.12. The van der Waals surface area contributed by atoms with Gasteiger partial charge < -0.3 is 19.3 Å². The molecule has 3 rings (SSSR count). The molecule has 142 valence electrons. The lowest BCUT2D eigenvalue weighted by atomic mass is 10.1. The Labute approximate surface area is 157 Å². The molecule has 1 fully saturated rings. The van der Waals surface area contributed by atoms with Crippen molar-refractivity contribution in [1.29, 1.82) is 0 Å². The second-order valence-corrected chi connectivity index (χ2v) is 6.12. The van der Waals surface area contributed by atoms with Crippen LogP contribution < -0.4 is 14.4 Å². The minimum Gasteiger partial charge on any atom is -0.497 e. The van der Waals surface area contributed by atoms with E-state index in [1.165, 1.54) is 19.2 Å². The molecule has 1 heterocycles. The zero-order valence-electron chi connectivity index (χ0n) is 15.3. The Hall–Kier alpha value is -3.29. The standard InChI is InChI=1S/C19H21N3O5/c1-26-16-7-8-17(18(13-16)27-2)19(23)21-11-9-20(10-12-21)14-3-5-15(6-4-14)22(24)25/h3-8,13H,9-12H2,1-2H3. The lowest BCUT2D eigenvalue weighted by molar-refractivity contribution is -0.384. The number of carbonyl (C=O) groups is 1. The first-order valence-electron chi connectivity index (χ1n) is 8.54. The van der Waals surface area contributed by atoms with Crippen molar-refractivity contribution in [3.05, 3.63) is 58.1 Å². The van der Waals surface area contributed by atoms with E-state index in [4.69, 9.17) is 9.47 Å². The third kappa shape index (κ3) is 3.94. The van der Waals surface area contributed by atoms with Gasteiger partial charge in [0.05, 0.1) is 24.7 Å². The summed E-state index contributed by atoms with van der Waals surface area (Å²) in [6.45, 7) is 2.43. The predicted octanol–water partition coefficient (Wildman–Crippen LogP) is 2.57. The van der Waals surface area contributed by atoms with E-state index in [-0.39, 0.29) is 11.6 Å². The van der Waals surface area contributed by atoms with Gasteiger partial charge in [0.2, 0.25) is 0 Å². The van der Waals surface area contributed by atoms with Gasteiger partial charge in [-0.15, -0.1) is 0 Å². The molecule has 27 heavy (non-hydrogen) atoms. The van der Waals surface area contributed by atoms with Crippen LogP contribution >= 0.6 is 0 Å². The van der Waals surface area contributed by atoms with E-state index in [0.717, 1.165) is 5.69 Å². The van der Waals surface area contributed by atoms with Crippen molar-refractivity contribution in [2.24, 2.45) is 0 Å². The summed E-state index contributed by atoms with van der Waals surface area (Å²) < 4.78 is 10.5. The average Bonchev–Trinajstić information content (AvgIpc) is 2.73. The highest BCUT2D eigenvalue weighted by Gasteiger charge is 2.25. The summed E-state index contributed by atoms with van der Waals surface area (Å²) in [6.07, 6.45) is 0. The number of nitro groups is 1. The molecule has 0 bridgehead atoms. The maximum absolute atomic E-state index is 12.9. The van der Waals surface area contributed by atoms with E-state index in [1.54, 1.807) is 42.3 Å². The summed E-state index contributed by atoms with van der Waals surface area (Å²) in [5.74, 6) is 1.03. The lowest BCUT2D eigenvalue weighted by Gasteiger charge is -2.36. The Morgan fingerprint density at radius 1 is 1.00 bits per heavy atom. The SMILES string of the molecule is COc1ccc(C(=O)N2CCN(c3ccc([N+](=O)[O-])cc3)CC2)c(OC)c1. The third-order valence-corrected chi connectivity index (χ3v) is 4.63. The number of ether oxygens (including phenoxy) is 2. The van der Waals surface area contributed by atoms with Crippen LogP contribution in [0.5, 0.6) is 11.5 Å². The summed E-state index contributed by atoms with van der Waals surface area (Å²) in [5.41, 5.74) is 1.48. The quantitative estimate of drug-likeness (QED) is 0.593. The molecule has 0 radical (unpaired) electrons. The predicted molar refractivity (Wildman–Crippen MR) is 101 cm³/mol. The molecule has 0 saturated carbocycles. The smallest absolute Gasteiger partial charge is 0.269 e. The van der Waals surface area contributed by atoms with Gasteiger partial charge in [-0.1, -0.05) is 0 Å². The first kappa shape index (κ1) is 18.5. The van der Waals surface area contributed by atoms with Crippen LogP contribution in [0.4, 0.5) is 11.4 Å². The van der Waals surface area contributed by atoms with Crippen molar-refractivity contribution in [2.75, 3.05) is 45.3 Å². The minimum atomic E-state index is -0.414. The van der Waals surface area contributed by atoms with E-state index in [2.05, 4.69) is 4.90 Å². The van der Waals surface area contributed by atoms with Crippen LogP contribution in [0.15, 0.2) is 42.5 Å². The Morgan fingerprint density at radius 3 is 2.22 bits per heavy atom. The summed E-state index contributed by atoms with van der Waals surface area (Å²) in [4.78, 5) is 27.1. The molecule has 0 atom stereocenters. The molecule has 0 unspecified atom stereocenters.